The molecular formula is C10H14N4OS. The van der Waals surface area contributed by atoms with Gasteiger partial charge in [-0.3, -0.25) is 4.90 Å². The minimum Gasteiger partial charge on any atom is -0.360 e. The van der Waals surface area contributed by atoms with Crippen LogP contribution in [0.5, 0.6) is 0 Å². The largest absolute Gasteiger partial charge is 0.360 e. The van der Waals surface area contributed by atoms with Gasteiger partial charge in [0.25, 0.3) is 0 Å². The summed E-state index contributed by atoms with van der Waals surface area (Å²) in [5, 5.41) is 5.89. The Morgan fingerprint density at radius 1 is 1.44 bits per heavy atom. The molecule has 0 saturated heterocycles. The van der Waals surface area contributed by atoms with Crippen LogP contribution in [0.15, 0.2) is 21.5 Å². The van der Waals surface area contributed by atoms with Crippen LogP contribution >= 0.6 is 11.3 Å². The number of nitrogens with zero attached hydrogens (tertiary/aromatic N) is 3. The van der Waals surface area contributed by atoms with Crippen molar-refractivity contribution in [3.63, 3.8) is 0 Å². The minimum absolute atomic E-state index is 0.416. The van der Waals surface area contributed by atoms with Gasteiger partial charge in [0.05, 0.1) is 23.4 Å². The number of thiazole rings is 1. The Balaban J connectivity index is 1.89. The first-order valence-corrected chi connectivity index (χ1v) is 5.92. The zero-order chi connectivity index (χ0) is 11.4. The summed E-state index contributed by atoms with van der Waals surface area (Å²) < 4.78 is 5.16. The molecule has 2 N–H and O–H groups in total. The number of nitrogens with two attached hydrogens (primary N) is 1. The lowest BCUT2D eigenvalue weighted by Gasteiger charge is -2.12. The standard InChI is InChI=1S/C10H14N4OS/c1-14(4-9-6-16-7-12-9)5-10-2-8(3-11)13-15-10/h2,6-7H,3-5,11H2,1H3. The average Bonchev–Trinajstić information content (AvgIpc) is 2.89. The maximum absolute atomic E-state index is 5.46. The van der Waals surface area contributed by atoms with Crippen LogP contribution < -0.4 is 5.73 Å². The van der Waals surface area contributed by atoms with Gasteiger partial charge in [-0.15, -0.1) is 11.3 Å². The minimum atomic E-state index is 0.416. The smallest absolute Gasteiger partial charge is 0.151 e. The van der Waals surface area contributed by atoms with Crippen molar-refractivity contribution < 1.29 is 4.52 Å². The van der Waals surface area contributed by atoms with Crippen molar-refractivity contribution in [2.24, 2.45) is 5.73 Å². The third kappa shape index (κ3) is 2.88. The van der Waals surface area contributed by atoms with Gasteiger partial charge in [0.2, 0.25) is 0 Å². The first-order valence-electron chi connectivity index (χ1n) is 4.98. The van der Waals surface area contributed by atoms with Crippen LogP contribution in [0.25, 0.3) is 0 Å². The molecule has 0 spiro atoms. The highest BCUT2D eigenvalue weighted by atomic mass is 32.1. The van der Waals surface area contributed by atoms with Crippen LogP contribution in [0.3, 0.4) is 0 Å². The van der Waals surface area contributed by atoms with E-state index in [-0.39, 0.29) is 0 Å². The fourth-order valence-corrected chi connectivity index (χ4v) is 1.99. The quantitative estimate of drug-likeness (QED) is 0.848. The summed E-state index contributed by atoms with van der Waals surface area (Å²) in [6.07, 6.45) is 0. The molecule has 2 heterocycles. The zero-order valence-corrected chi connectivity index (χ0v) is 9.91. The molecule has 86 valence electrons. The van der Waals surface area contributed by atoms with Gasteiger partial charge >= 0.3 is 0 Å². The molecule has 0 bridgehead atoms. The Labute approximate surface area is 97.9 Å². The molecule has 0 aliphatic heterocycles. The Hall–Kier alpha value is -1.24. The number of aromatic nitrogens is 2. The van der Waals surface area contributed by atoms with Gasteiger partial charge in [-0.05, 0) is 7.05 Å². The van der Waals surface area contributed by atoms with E-state index in [4.69, 9.17) is 10.3 Å². The Morgan fingerprint density at radius 2 is 2.31 bits per heavy atom. The SMILES string of the molecule is CN(Cc1cscn1)Cc1cc(CN)no1. The predicted octanol–water partition coefficient (Wildman–Crippen LogP) is 1.22. The molecule has 0 unspecified atom stereocenters. The highest BCUT2D eigenvalue weighted by molar-refractivity contribution is 7.07. The number of hydrogen-bond acceptors (Lipinski definition) is 6. The fourth-order valence-electron chi connectivity index (χ4n) is 1.44. The third-order valence-electron chi connectivity index (χ3n) is 2.16. The van der Waals surface area contributed by atoms with E-state index in [9.17, 15) is 0 Å². The molecule has 0 saturated carbocycles. The lowest BCUT2D eigenvalue weighted by atomic mass is 10.3. The lowest BCUT2D eigenvalue weighted by Crippen LogP contribution is -2.16. The summed E-state index contributed by atoms with van der Waals surface area (Å²) in [5.74, 6) is 0.832. The number of hydrogen-bond donors (Lipinski definition) is 1. The predicted molar refractivity (Wildman–Crippen MR) is 61.7 cm³/mol. The first-order chi connectivity index (χ1) is 7.78. The van der Waals surface area contributed by atoms with Gasteiger partial charge < -0.3 is 10.3 Å². The van der Waals surface area contributed by atoms with Crippen molar-refractivity contribution in [3.05, 3.63) is 34.1 Å². The maximum Gasteiger partial charge on any atom is 0.151 e. The van der Waals surface area contributed by atoms with E-state index in [0.29, 0.717) is 13.1 Å². The van der Waals surface area contributed by atoms with Crippen LogP contribution in [0.2, 0.25) is 0 Å². The van der Waals surface area contributed by atoms with Gasteiger partial charge in [0.1, 0.15) is 0 Å². The normalized spacial score (nSPS) is 11.2. The summed E-state index contributed by atoms with van der Waals surface area (Å²) >= 11 is 1.61. The molecule has 6 heteroatoms. The van der Waals surface area contributed by atoms with Crippen LogP contribution in [0.4, 0.5) is 0 Å². The van der Waals surface area contributed by atoms with Crippen molar-refractivity contribution in [2.75, 3.05) is 7.05 Å². The van der Waals surface area contributed by atoms with E-state index in [1.54, 1.807) is 11.3 Å². The molecule has 2 aromatic heterocycles. The molecule has 0 amide bonds. The average molecular weight is 238 g/mol. The van der Waals surface area contributed by atoms with E-state index >= 15 is 0 Å². The maximum atomic E-state index is 5.46. The highest BCUT2D eigenvalue weighted by Gasteiger charge is 2.07. The molecule has 0 aliphatic rings. The molecule has 0 atom stereocenters. The Kier molecular flexibility index (Phi) is 3.66. The van der Waals surface area contributed by atoms with Crippen LogP contribution in [-0.2, 0) is 19.6 Å². The summed E-state index contributed by atoms with van der Waals surface area (Å²) in [4.78, 5) is 6.35. The Morgan fingerprint density at radius 3 is 2.94 bits per heavy atom. The third-order valence-corrected chi connectivity index (χ3v) is 2.79. The molecule has 0 radical (unpaired) electrons. The molecule has 2 rings (SSSR count). The van der Waals surface area contributed by atoms with E-state index < -0.39 is 0 Å². The second-order valence-corrected chi connectivity index (χ2v) is 4.36. The first kappa shape index (κ1) is 11.3. The summed E-state index contributed by atoms with van der Waals surface area (Å²) in [6.45, 7) is 1.94. The van der Waals surface area contributed by atoms with Crippen molar-refractivity contribution in [3.8, 4) is 0 Å². The van der Waals surface area contributed by atoms with E-state index in [1.807, 2.05) is 24.0 Å². The van der Waals surface area contributed by atoms with Crippen molar-refractivity contribution in [1.82, 2.24) is 15.0 Å². The van der Waals surface area contributed by atoms with Gasteiger partial charge in [0.15, 0.2) is 5.76 Å². The fraction of sp³-hybridized carbons (Fsp3) is 0.400. The van der Waals surface area contributed by atoms with Gasteiger partial charge in [-0.2, -0.15) is 0 Å². The molecule has 0 fully saturated rings. The zero-order valence-electron chi connectivity index (χ0n) is 9.09. The highest BCUT2D eigenvalue weighted by Crippen LogP contribution is 2.09. The summed E-state index contributed by atoms with van der Waals surface area (Å²) in [7, 11) is 2.02. The number of rotatable bonds is 5. The van der Waals surface area contributed by atoms with Crippen molar-refractivity contribution in [1.29, 1.82) is 0 Å². The monoisotopic (exact) mass is 238 g/mol. The van der Waals surface area contributed by atoms with Crippen LogP contribution in [-0.4, -0.2) is 22.1 Å². The molecule has 16 heavy (non-hydrogen) atoms. The molecule has 5 nitrogen and oxygen atoms in total. The van der Waals surface area contributed by atoms with E-state index in [0.717, 1.165) is 23.7 Å². The molecule has 2 aromatic rings. The van der Waals surface area contributed by atoms with Gasteiger partial charge in [-0.1, -0.05) is 5.16 Å². The second kappa shape index (κ2) is 5.20. The van der Waals surface area contributed by atoms with Crippen LogP contribution in [0.1, 0.15) is 17.1 Å². The Bertz CT molecular complexity index is 426. The lowest BCUT2D eigenvalue weighted by molar-refractivity contribution is 0.264. The van der Waals surface area contributed by atoms with Gasteiger partial charge in [-0.25, -0.2) is 4.98 Å². The summed E-state index contributed by atoms with van der Waals surface area (Å²) in [6, 6.07) is 1.89. The molecule has 0 aliphatic carbocycles. The van der Waals surface area contributed by atoms with Crippen molar-refractivity contribution >= 4 is 11.3 Å². The topological polar surface area (TPSA) is 68.2 Å². The van der Waals surface area contributed by atoms with Crippen molar-refractivity contribution in [2.45, 2.75) is 19.6 Å². The van der Waals surface area contributed by atoms with Gasteiger partial charge in [0, 0.05) is 24.5 Å². The second-order valence-electron chi connectivity index (χ2n) is 3.64. The van der Waals surface area contributed by atoms with E-state index in [2.05, 4.69) is 15.0 Å². The van der Waals surface area contributed by atoms with Crippen LogP contribution in [0, 0.1) is 0 Å². The molecule has 0 aromatic carbocycles. The van der Waals surface area contributed by atoms with E-state index in [1.165, 1.54) is 0 Å². The summed E-state index contributed by atoms with van der Waals surface area (Å²) in [5.41, 5.74) is 9.16. The molecular weight excluding hydrogens is 224 g/mol.